The molecule has 9 heteroatoms. The molecule has 132 valence electrons. The zero-order valence-electron chi connectivity index (χ0n) is 12.7. The quantitative estimate of drug-likeness (QED) is 0.400. The van der Waals surface area contributed by atoms with E-state index < -0.39 is 43.5 Å². The number of nitrogens with one attached hydrogen (secondary N) is 1. The first kappa shape index (κ1) is 17.1. The minimum Gasteiger partial charge on any atom is -0.481 e. The zero-order valence-corrected chi connectivity index (χ0v) is 12.7. The summed E-state index contributed by atoms with van der Waals surface area (Å²) in [5, 5.41) is 52.1. The Morgan fingerprint density at radius 2 is 1.96 bits per heavy atom. The van der Waals surface area contributed by atoms with Crippen molar-refractivity contribution in [1.29, 1.82) is 0 Å². The number of carboxylic acids is 1. The van der Waals surface area contributed by atoms with Crippen LogP contribution in [0.4, 0.5) is 0 Å². The fraction of sp³-hybridized carbons (Fsp3) is 0.533. The Kier molecular flexibility index (Phi) is 4.72. The van der Waals surface area contributed by atoms with E-state index in [0.29, 0.717) is 18.4 Å². The van der Waals surface area contributed by atoms with Crippen LogP contribution in [0.3, 0.4) is 0 Å². The summed E-state index contributed by atoms with van der Waals surface area (Å²) in [6.45, 7) is -0.570. The van der Waals surface area contributed by atoms with Crippen molar-refractivity contribution in [1.82, 2.24) is 10.2 Å². The molecule has 3 rings (SSSR count). The van der Waals surface area contributed by atoms with Gasteiger partial charge in [0.1, 0.15) is 30.7 Å². The Balaban J connectivity index is 1.88. The van der Waals surface area contributed by atoms with Gasteiger partial charge in [-0.05, 0) is 18.9 Å². The summed E-state index contributed by atoms with van der Waals surface area (Å²) < 4.78 is 5.19. The number of aliphatic hydroxyl groups excluding tert-OH is 4. The van der Waals surface area contributed by atoms with E-state index in [4.69, 9.17) is 9.84 Å². The van der Waals surface area contributed by atoms with Crippen molar-refractivity contribution in [3.05, 3.63) is 29.3 Å². The highest BCUT2D eigenvalue weighted by molar-refractivity contribution is 5.68. The van der Waals surface area contributed by atoms with E-state index in [-0.39, 0.29) is 11.3 Å². The fourth-order valence-electron chi connectivity index (χ4n) is 3.32. The van der Waals surface area contributed by atoms with E-state index in [2.05, 4.69) is 5.32 Å². The third kappa shape index (κ3) is 2.97. The lowest BCUT2D eigenvalue weighted by molar-refractivity contribution is -0.159. The molecule has 2 aliphatic rings. The van der Waals surface area contributed by atoms with Gasteiger partial charge in [0.25, 0.3) is 0 Å². The molecular weight excluding hydrogens is 320 g/mol. The monoisotopic (exact) mass is 340 g/mol. The molecule has 5 atom stereocenters. The van der Waals surface area contributed by atoms with Gasteiger partial charge in [-0.15, -0.1) is 0 Å². The molecule has 0 radical (unpaired) electrons. The van der Waals surface area contributed by atoms with E-state index in [9.17, 15) is 25.2 Å². The van der Waals surface area contributed by atoms with Crippen molar-refractivity contribution in [2.45, 2.75) is 43.8 Å². The molecule has 9 nitrogen and oxygen atoms in total. The molecule has 0 saturated carbocycles. The van der Waals surface area contributed by atoms with Crippen LogP contribution >= 0.6 is 0 Å². The van der Waals surface area contributed by atoms with E-state index in [1.54, 1.807) is 12.1 Å². The van der Waals surface area contributed by atoms with Crippen LogP contribution in [0.25, 0.3) is 0 Å². The lowest BCUT2D eigenvalue weighted by Gasteiger charge is -2.40. The second-order valence-electron chi connectivity index (χ2n) is 5.91. The Morgan fingerprint density at radius 3 is 2.62 bits per heavy atom. The number of ether oxygens (including phenoxy) is 1. The maximum atomic E-state index is 10.7. The first-order valence-electron chi connectivity index (χ1n) is 7.63. The smallest absolute Gasteiger partial charge is 0.341 e. The standard InChI is InChI=1S/C15H20N2O7/c18-10-5-4-8(13(21)16-10)17-14(22)7-2-1-3-9(12(7)15(17)23)24-6-11(19)20/h1-3,8,10,13-16,18,21-23H,4-6H2,(H,19,20). The molecule has 0 spiro atoms. The highest BCUT2D eigenvalue weighted by Crippen LogP contribution is 2.46. The molecule has 0 bridgehead atoms. The van der Waals surface area contributed by atoms with Gasteiger partial charge in [-0.3, -0.25) is 5.32 Å². The average Bonchev–Trinajstić information content (AvgIpc) is 2.78. The molecule has 1 fully saturated rings. The summed E-state index contributed by atoms with van der Waals surface area (Å²) in [7, 11) is 0. The average molecular weight is 340 g/mol. The first-order valence-corrected chi connectivity index (χ1v) is 7.63. The summed E-state index contributed by atoms with van der Waals surface area (Å²) in [5.41, 5.74) is 0.674. The number of hydrogen-bond donors (Lipinski definition) is 6. The normalized spacial score (nSPS) is 33.2. The van der Waals surface area contributed by atoms with Crippen LogP contribution in [0.1, 0.15) is 36.4 Å². The van der Waals surface area contributed by atoms with Gasteiger partial charge in [0.05, 0.1) is 6.04 Å². The second-order valence-corrected chi connectivity index (χ2v) is 5.91. The van der Waals surface area contributed by atoms with E-state index in [0.717, 1.165) is 0 Å². The number of aliphatic hydroxyl groups is 4. The Bertz CT molecular complexity index is 626. The largest absolute Gasteiger partial charge is 0.481 e. The molecule has 1 aromatic rings. The third-order valence-corrected chi connectivity index (χ3v) is 4.40. The summed E-state index contributed by atoms with van der Waals surface area (Å²) in [6, 6.07) is 4.09. The highest BCUT2D eigenvalue weighted by atomic mass is 16.5. The van der Waals surface area contributed by atoms with E-state index in [1.165, 1.54) is 11.0 Å². The predicted molar refractivity (Wildman–Crippen MR) is 79.5 cm³/mol. The summed E-state index contributed by atoms with van der Waals surface area (Å²) in [5.74, 6) is -0.986. The van der Waals surface area contributed by atoms with Gasteiger partial charge in [0.2, 0.25) is 0 Å². The van der Waals surface area contributed by atoms with Crippen LogP contribution in [-0.4, -0.2) is 61.5 Å². The van der Waals surface area contributed by atoms with Crippen molar-refractivity contribution in [3.8, 4) is 5.75 Å². The predicted octanol–water partition coefficient (Wildman–Crippen LogP) is -1.16. The molecule has 6 N–H and O–H groups in total. The van der Waals surface area contributed by atoms with Crippen molar-refractivity contribution in [3.63, 3.8) is 0 Å². The number of aliphatic carboxylic acids is 1. The summed E-state index contributed by atoms with van der Waals surface area (Å²) in [4.78, 5) is 12.0. The van der Waals surface area contributed by atoms with Crippen molar-refractivity contribution in [2.75, 3.05) is 6.61 Å². The number of rotatable bonds is 4. The first-order chi connectivity index (χ1) is 11.4. The van der Waals surface area contributed by atoms with Crippen molar-refractivity contribution < 1.29 is 35.1 Å². The number of nitrogens with zero attached hydrogens (tertiary/aromatic N) is 1. The number of carbonyl (C=O) groups is 1. The van der Waals surface area contributed by atoms with E-state index >= 15 is 0 Å². The number of piperidine rings is 1. The Labute approximate surface area is 137 Å². The van der Waals surface area contributed by atoms with Crippen molar-refractivity contribution >= 4 is 5.97 Å². The van der Waals surface area contributed by atoms with Gasteiger partial charge in [-0.2, -0.15) is 0 Å². The highest BCUT2D eigenvalue weighted by Gasteiger charge is 2.46. The molecule has 0 amide bonds. The van der Waals surface area contributed by atoms with Crippen LogP contribution in [0, 0.1) is 0 Å². The van der Waals surface area contributed by atoms with Crippen molar-refractivity contribution in [2.24, 2.45) is 0 Å². The van der Waals surface area contributed by atoms with Crippen LogP contribution in [0.5, 0.6) is 5.75 Å². The van der Waals surface area contributed by atoms with Gasteiger partial charge in [-0.25, -0.2) is 9.69 Å². The summed E-state index contributed by atoms with van der Waals surface area (Å²) in [6.07, 6.45) is -3.70. The molecule has 0 aliphatic carbocycles. The van der Waals surface area contributed by atoms with Gasteiger partial charge in [0.15, 0.2) is 6.61 Å². The maximum absolute atomic E-state index is 10.7. The van der Waals surface area contributed by atoms with Gasteiger partial charge >= 0.3 is 5.97 Å². The van der Waals surface area contributed by atoms with Crippen LogP contribution < -0.4 is 10.1 Å². The number of carboxylic acid groups (broad SMARTS) is 1. The van der Waals surface area contributed by atoms with Gasteiger partial charge in [-0.1, -0.05) is 12.1 Å². The minimum atomic E-state index is -1.27. The molecule has 24 heavy (non-hydrogen) atoms. The molecule has 2 heterocycles. The van der Waals surface area contributed by atoms with Crippen LogP contribution in [0.2, 0.25) is 0 Å². The molecule has 1 aromatic carbocycles. The number of benzene rings is 1. The molecular formula is C15H20N2O7. The fourth-order valence-corrected chi connectivity index (χ4v) is 3.32. The van der Waals surface area contributed by atoms with Gasteiger partial charge < -0.3 is 30.3 Å². The zero-order chi connectivity index (χ0) is 17.4. The lowest BCUT2D eigenvalue weighted by atomic mass is 10.0. The number of fused-ring (bicyclic) bond motifs is 1. The third-order valence-electron chi connectivity index (χ3n) is 4.40. The molecule has 1 saturated heterocycles. The maximum Gasteiger partial charge on any atom is 0.341 e. The van der Waals surface area contributed by atoms with E-state index in [1.807, 2.05) is 0 Å². The lowest BCUT2D eigenvalue weighted by Crippen LogP contribution is -2.57. The van der Waals surface area contributed by atoms with Gasteiger partial charge in [0, 0.05) is 11.1 Å². The Hall–Kier alpha value is -1.75. The second kappa shape index (κ2) is 6.63. The molecule has 5 unspecified atom stereocenters. The minimum absolute atomic E-state index is 0.169. The SMILES string of the molecule is O=C(O)COc1cccc2c1C(O)N(C1CCC(O)NC1O)C2O. The summed E-state index contributed by atoms with van der Waals surface area (Å²) >= 11 is 0. The molecule has 2 aliphatic heterocycles. The van der Waals surface area contributed by atoms with Crippen LogP contribution in [0.15, 0.2) is 18.2 Å². The number of hydrogen-bond acceptors (Lipinski definition) is 8. The Morgan fingerprint density at radius 1 is 1.21 bits per heavy atom. The van der Waals surface area contributed by atoms with Crippen LogP contribution in [-0.2, 0) is 4.79 Å². The topological polar surface area (TPSA) is 143 Å². The molecule has 0 aromatic heterocycles.